The standard InChI is InChI=1S/C23H16/c1-2-15-7-8-19-14-23-20(21(19)11-15)10-9-18-12-16-5-3-4-6-17(16)13-22(18)23/h2-13H,1,14H2. The van der Waals surface area contributed by atoms with E-state index in [1.165, 1.54) is 49.4 Å². The normalized spacial score (nSPS) is 12.3. The molecule has 0 aliphatic heterocycles. The molecule has 5 rings (SSSR count). The van der Waals surface area contributed by atoms with Gasteiger partial charge in [0.1, 0.15) is 0 Å². The second kappa shape index (κ2) is 4.57. The molecule has 0 spiro atoms. The molecule has 0 unspecified atom stereocenters. The van der Waals surface area contributed by atoms with Gasteiger partial charge in [-0.2, -0.15) is 0 Å². The van der Waals surface area contributed by atoms with Crippen molar-refractivity contribution >= 4 is 27.6 Å². The third kappa shape index (κ3) is 1.78. The molecule has 0 amide bonds. The first-order chi connectivity index (χ1) is 11.3. The van der Waals surface area contributed by atoms with Gasteiger partial charge in [-0.15, -0.1) is 0 Å². The largest absolute Gasteiger partial charge is 0.0985 e. The predicted molar refractivity (Wildman–Crippen MR) is 99.8 cm³/mol. The number of hydrogen-bond acceptors (Lipinski definition) is 0. The first-order valence-electron chi connectivity index (χ1n) is 8.03. The van der Waals surface area contributed by atoms with Gasteiger partial charge < -0.3 is 0 Å². The van der Waals surface area contributed by atoms with Crippen LogP contribution >= 0.6 is 0 Å². The van der Waals surface area contributed by atoms with Crippen molar-refractivity contribution in [2.75, 3.05) is 0 Å². The Morgan fingerprint density at radius 2 is 1.57 bits per heavy atom. The molecule has 0 nitrogen and oxygen atoms in total. The Kier molecular flexibility index (Phi) is 2.51. The predicted octanol–water partition coefficient (Wildman–Crippen LogP) is 6.21. The SMILES string of the molecule is C=Cc1ccc2c(c1)-c1ccc3cc4ccccc4cc3c1C2. The zero-order valence-corrected chi connectivity index (χ0v) is 12.8. The summed E-state index contributed by atoms with van der Waals surface area (Å²) in [6, 6.07) is 24.5. The summed E-state index contributed by atoms with van der Waals surface area (Å²) in [6.07, 6.45) is 2.95. The Morgan fingerprint density at radius 1 is 0.739 bits per heavy atom. The van der Waals surface area contributed by atoms with E-state index in [0.717, 1.165) is 6.42 Å². The zero-order chi connectivity index (χ0) is 15.4. The third-order valence-electron chi connectivity index (χ3n) is 5.02. The highest BCUT2D eigenvalue weighted by atomic mass is 14.2. The number of benzene rings is 4. The van der Waals surface area contributed by atoms with E-state index < -0.39 is 0 Å². The molecule has 0 heterocycles. The van der Waals surface area contributed by atoms with Gasteiger partial charge in [-0.25, -0.2) is 0 Å². The summed E-state index contributed by atoms with van der Waals surface area (Å²) in [7, 11) is 0. The molecule has 0 heteroatoms. The second-order valence-corrected chi connectivity index (χ2v) is 6.31. The third-order valence-corrected chi connectivity index (χ3v) is 5.02. The minimum Gasteiger partial charge on any atom is -0.0985 e. The zero-order valence-electron chi connectivity index (χ0n) is 12.8. The first kappa shape index (κ1) is 12.7. The van der Waals surface area contributed by atoms with Crippen LogP contribution in [0.3, 0.4) is 0 Å². The van der Waals surface area contributed by atoms with Crippen LogP contribution in [0.15, 0.2) is 73.3 Å². The lowest BCUT2D eigenvalue weighted by Crippen LogP contribution is -1.85. The molecule has 0 radical (unpaired) electrons. The fraction of sp³-hybridized carbons (Fsp3) is 0.0435. The van der Waals surface area contributed by atoms with Gasteiger partial charge in [0.25, 0.3) is 0 Å². The fourth-order valence-electron chi connectivity index (χ4n) is 3.84. The fourth-order valence-corrected chi connectivity index (χ4v) is 3.84. The van der Waals surface area contributed by atoms with Crippen LogP contribution in [0.5, 0.6) is 0 Å². The molecule has 4 aromatic carbocycles. The Labute approximate surface area is 135 Å². The van der Waals surface area contributed by atoms with Crippen LogP contribution in [0, 0.1) is 0 Å². The van der Waals surface area contributed by atoms with Crippen molar-refractivity contribution in [1.29, 1.82) is 0 Å². The maximum atomic E-state index is 3.90. The van der Waals surface area contributed by atoms with Crippen molar-refractivity contribution < 1.29 is 0 Å². The van der Waals surface area contributed by atoms with Gasteiger partial charge in [-0.1, -0.05) is 61.2 Å². The molecule has 0 aromatic heterocycles. The van der Waals surface area contributed by atoms with Gasteiger partial charge in [0.05, 0.1) is 0 Å². The van der Waals surface area contributed by atoms with Crippen LogP contribution in [0.4, 0.5) is 0 Å². The van der Waals surface area contributed by atoms with Crippen molar-refractivity contribution in [1.82, 2.24) is 0 Å². The monoisotopic (exact) mass is 292 g/mol. The van der Waals surface area contributed by atoms with Gasteiger partial charge >= 0.3 is 0 Å². The van der Waals surface area contributed by atoms with Crippen LogP contribution in [0.1, 0.15) is 16.7 Å². The van der Waals surface area contributed by atoms with Gasteiger partial charge in [0.2, 0.25) is 0 Å². The van der Waals surface area contributed by atoms with Crippen LogP contribution in [0.2, 0.25) is 0 Å². The molecule has 0 N–H and O–H groups in total. The van der Waals surface area contributed by atoms with E-state index in [4.69, 9.17) is 0 Å². The van der Waals surface area contributed by atoms with Crippen LogP contribution in [-0.4, -0.2) is 0 Å². The minimum absolute atomic E-state index is 1.03. The lowest BCUT2D eigenvalue weighted by atomic mass is 9.96. The second-order valence-electron chi connectivity index (χ2n) is 6.31. The van der Waals surface area contributed by atoms with Gasteiger partial charge in [-0.3, -0.25) is 0 Å². The molecule has 1 aliphatic carbocycles. The van der Waals surface area contributed by atoms with Crippen molar-refractivity contribution in [2.24, 2.45) is 0 Å². The Balaban J connectivity index is 1.83. The Bertz CT molecular complexity index is 1100. The summed E-state index contributed by atoms with van der Waals surface area (Å²) in [6.45, 7) is 3.90. The lowest BCUT2D eigenvalue weighted by Gasteiger charge is -2.08. The summed E-state index contributed by atoms with van der Waals surface area (Å²) in [5, 5.41) is 5.34. The molecule has 0 atom stereocenters. The summed E-state index contributed by atoms with van der Waals surface area (Å²) < 4.78 is 0. The van der Waals surface area contributed by atoms with E-state index in [1.807, 2.05) is 6.08 Å². The summed E-state index contributed by atoms with van der Waals surface area (Å²) >= 11 is 0. The molecule has 108 valence electrons. The molecule has 23 heavy (non-hydrogen) atoms. The van der Waals surface area contributed by atoms with Crippen LogP contribution < -0.4 is 0 Å². The van der Waals surface area contributed by atoms with Crippen molar-refractivity contribution in [3.05, 3.63) is 90.0 Å². The first-order valence-corrected chi connectivity index (χ1v) is 8.03. The molecular weight excluding hydrogens is 276 g/mol. The minimum atomic E-state index is 1.03. The van der Waals surface area contributed by atoms with E-state index in [0.29, 0.717) is 0 Å². The van der Waals surface area contributed by atoms with Gasteiger partial charge in [-0.05, 0) is 74.0 Å². The summed E-state index contributed by atoms with van der Waals surface area (Å²) in [5.41, 5.74) is 6.82. The Hall–Kier alpha value is -2.86. The highest BCUT2D eigenvalue weighted by Gasteiger charge is 2.20. The van der Waals surface area contributed by atoms with Crippen molar-refractivity contribution in [2.45, 2.75) is 6.42 Å². The highest BCUT2D eigenvalue weighted by molar-refractivity contribution is 6.03. The molecule has 0 saturated heterocycles. The lowest BCUT2D eigenvalue weighted by molar-refractivity contribution is 1.28. The number of fused-ring (bicyclic) bond motifs is 6. The quantitative estimate of drug-likeness (QED) is 0.322. The van der Waals surface area contributed by atoms with E-state index in [-0.39, 0.29) is 0 Å². The van der Waals surface area contributed by atoms with E-state index >= 15 is 0 Å². The maximum Gasteiger partial charge on any atom is -0.000727 e. The van der Waals surface area contributed by atoms with E-state index in [1.54, 1.807) is 0 Å². The number of rotatable bonds is 1. The number of hydrogen-bond donors (Lipinski definition) is 0. The summed E-state index contributed by atoms with van der Waals surface area (Å²) in [4.78, 5) is 0. The summed E-state index contributed by atoms with van der Waals surface area (Å²) in [5.74, 6) is 0. The molecule has 4 aromatic rings. The molecule has 0 bridgehead atoms. The maximum absolute atomic E-state index is 3.90. The van der Waals surface area contributed by atoms with Gasteiger partial charge in [0, 0.05) is 0 Å². The van der Waals surface area contributed by atoms with Crippen molar-refractivity contribution in [3.63, 3.8) is 0 Å². The smallest absolute Gasteiger partial charge is 0.000727 e. The molecule has 0 fully saturated rings. The highest BCUT2D eigenvalue weighted by Crippen LogP contribution is 2.41. The molecular formula is C23H16. The van der Waals surface area contributed by atoms with E-state index in [9.17, 15) is 0 Å². The average molecular weight is 292 g/mol. The topological polar surface area (TPSA) is 0 Å². The van der Waals surface area contributed by atoms with Gasteiger partial charge in [0.15, 0.2) is 0 Å². The molecule has 1 aliphatic rings. The molecule has 0 saturated carbocycles. The van der Waals surface area contributed by atoms with Crippen molar-refractivity contribution in [3.8, 4) is 11.1 Å². The van der Waals surface area contributed by atoms with Crippen LogP contribution in [0.25, 0.3) is 38.7 Å². The van der Waals surface area contributed by atoms with E-state index in [2.05, 4.69) is 73.3 Å². The average Bonchev–Trinajstić information content (AvgIpc) is 2.98. The van der Waals surface area contributed by atoms with Crippen LogP contribution in [-0.2, 0) is 6.42 Å². The Morgan fingerprint density at radius 3 is 2.39 bits per heavy atom.